The highest BCUT2D eigenvalue weighted by Crippen LogP contribution is 2.27. The van der Waals surface area contributed by atoms with Gasteiger partial charge in [-0.25, -0.2) is 9.97 Å². The van der Waals surface area contributed by atoms with E-state index in [4.69, 9.17) is 10.7 Å². The number of para-hydroxylation sites is 1. The summed E-state index contributed by atoms with van der Waals surface area (Å²) in [5, 5.41) is 13.8. The fourth-order valence-electron chi connectivity index (χ4n) is 3.21. The summed E-state index contributed by atoms with van der Waals surface area (Å²) in [4.78, 5) is 24.8. The normalized spacial score (nSPS) is 16.9. The molecule has 1 amide bonds. The van der Waals surface area contributed by atoms with E-state index in [9.17, 15) is 10.1 Å². The maximum absolute atomic E-state index is 12.8. The number of anilines is 2. The Morgan fingerprint density at radius 1 is 1.41 bits per heavy atom. The average Bonchev–Trinajstić information content (AvgIpc) is 3.11. The highest BCUT2D eigenvalue weighted by Gasteiger charge is 2.21. The smallest absolute Gasteiger partial charge is 0.258 e. The van der Waals surface area contributed by atoms with Crippen LogP contribution in [0.1, 0.15) is 28.8 Å². The Kier molecular flexibility index (Phi) is 4.71. The monoisotopic (exact) mass is 378 g/mol. The number of hydrogen-bond acceptors (Lipinski definition) is 7. The van der Waals surface area contributed by atoms with Crippen molar-refractivity contribution >= 4 is 39.1 Å². The van der Waals surface area contributed by atoms with Crippen LogP contribution < -0.4 is 16.0 Å². The lowest BCUT2D eigenvalue weighted by Gasteiger charge is -2.31. The molecular formula is C19H18N6OS. The number of nitriles is 1. The molecule has 136 valence electrons. The molecule has 1 fully saturated rings. The average molecular weight is 378 g/mol. The first kappa shape index (κ1) is 17.4. The van der Waals surface area contributed by atoms with Crippen molar-refractivity contribution in [2.75, 3.05) is 23.3 Å². The Bertz CT molecular complexity index is 1040. The van der Waals surface area contributed by atoms with Crippen LogP contribution in [0.25, 0.3) is 10.3 Å². The molecule has 2 aromatic heterocycles. The van der Waals surface area contributed by atoms with Crippen molar-refractivity contribution in [1.82, 2.24) is 9.97 Å². The molecule has 1 atom stereocenters. The highest BCUT2D eigenvalue weighted by molar-refractivity contribution is 7.17. The number of amides is 1. The van der Waals surface area contributed by atoms with E-state index in [0.29, 0.717) is 27.2 Å². The molecule has 8 heteroatoms. The number of thiophene rings is 1. The molecule has 0 aliphatic carbocycles. The maximum Gasteiger partial charge on any atom is 0.258 e. The van der Waals surface area contributed by atoms with Crippen LogP contribution in [0.4, 0.5) is 11.5 Å². The lowest BCUT2D eigenvalue weighted by Crippen LogP contribution is -2.43. The van der Waals surface area contributed by atoms with Gasteiger partial charge in [0.1, 0.15) is 22.2 Å². The predicted octanol–water partition coefficient (Wildman–Crippen LogP) is 2.74. The summed E-state index contributed by atoms with van der Waals surface area (Å²) in [6.07, 6.45) is 3.77. The largest absolute Gasteiger partial charge is 0.354 e. The third kappa shape index (κ3) is 3.47. The van der Waals surface area contributed by atoms with E-state index in [0.717, 1.165) is 31.7 Å². The van der Waals surface area contributed by atoms with E-state index in [2.05, 4.69) is 21.3 Å². The number of carbonyl (C=O) groups is 1. The van der Waals surface area contributed by atoms with Crippen LogP contribution in [-0.4, -0.2) is 35.0 Å². The second kappa shape index (κ2) is 7.31. The molecule has 1 aliphatic heterocycles. The molecule has 7 nitrogen and oxygen atoms in total. The van der Waals surface area contributed by atoms with Gasteiger partial charge in [0.15, 0.2) is 0 Å². The first-order valence-electron chi connectivity index (χ1n) is 8.71. The molecule has 3 aromatic rings. The number of nitrogens with two attached hydrogens (primary N) is 1. The summed E-state index contributed by atoms with van der Waals surface area (Å²) in [7, 11) is 0. The summed E-state index contributed by atoms with van der Waals surface area (Å²) in [6, 6.07) is 9.12. The van der Waals surface area contributed by atoms with Gasteiger partial charge in [-0.2, -0.15) is 5.26 Å². The maximum atomic E-state index is 12.8. The zero-order valence-corrected chi connectivity index (χ0v) is 15.4. The van der Waals surface area contributed by atoms with Gasteiger partial charge in [-0.3, -0.25) is 4.79 Å². The van der Waals surface area contributed by atoms with E-state index >= 15 is 0 Å². The lowest BCUT2D eigenvalue weighted by molar-refractivity contribution is 0.102. The van der Waals surface area contributed by atoms with Gasteiger partial charge in [0.25, 0.3) is 5.91 Å². The van der Waals surface area contributed by atoms with Gasteiger partial charge in [0, 0.05) is 24.5 Å². The van der Waals surface area contributed by atoms with Gasteiger partial charge < -0.3 is 16.0 Å². The van der Waals surface area contributed by atoms with E-state index in [1.54, 1.807) is 35.8 Å². The summed E-state index contributed by atoms with van der Waals surface area (Å²) in [5.74, 6) is 0.438. The van der Waals surface area contributed by atoms with Crippen molar-refractivity contribution in [3.05, 3.63) is 47.0 Å². The van der Waals surface area contributed by atoms with E-state index < -0.39 is 0 Å². The Morgan fingerprint density at radius 2 is 2.26 bits per heavy atom. The number of rotatable bonds is 3. The minimum atomic E-state index is -0.300. The number of piperidine rings is 1. The Morgan fingerprint density at radius 3 is 3.07 bits per heavy atom. The van der Waals surface area contributed by atoms with Gasteiger partial charge in [0.05, 0.1) is 23.0 Å². The van der Waals surface area contributed by atoms with Crippen LogP contribution in [0, 0.1) is 11.3 Å². The van der Waals surface area contributed by atoms with Gasteiger partial charge in [0.2, 0.25) is 0 Å². The zero-order valence-electron chi connectivity index (χ0n) is 14.6. The molecule has 1 saturated heterocycles. The number of nitrogens with zero attached hydrogens (tertiary/aromatic N) is 4. The summed E-state index contributed by atoms with van der Waals surface area (Å²) < 4.78 is 0. The summed E-state index contributed by atoms with van der Waals surface area (Å²) in [5.41, 5.74) is 8.00. The van der Waals surface area contributed by atoms with E-state index in [-0.39, 0.29) is 11.9 Å². The molecule has 0 bridgehead atoms. The molecule has 1 aromatic carbocycles. The third-order valence-electron chi connectivity index (χ3n) is 4.59. The SMILES string of the molecule is N#Cc1ccccc1NC(=O)c1csc2ncc(N3CCC[C@@H](N)C3)nc12. The second-order valence-electron chi connectivity index (χ2n) is 6.49. The quantitative estimate of drug-likeness (QED) is 0.725. The van der Waals surface area contributed by atoms with E-state index in [1.807, 2.05) is 0 Å². The molecule has 0 radical (unpaired) electrons. The van der Waals surface area contributed by atoms with Gasteiger partial charge >= 0.3 is 0 Å². The first-order chi connectivity index (χ1) is 13.2. The van der Waals surface area contributed by atoms with Gasteiger partial charge in [-0.1, -0.05) is 12.1 Å². The number of nitrogens with one attached hydrogen (secondary N) is 1. The fourth-order valence-corrected chi connectivity index (χ4v) is 4.04. The van der Waals surface area contributed by atoms with Crippen molar-refractivity contribution in [3.8, 4) is 6.07 Å². The minimum absolute atomic E-state index is 0.129. The van der Waals surface area contributed by atoms with Gasteiger partial charge in [-0.15, -0.1) is 11.3 Å². The molecule has 0 unspecified atom stereocenters. The zero-order chi connectivity index (χ0) is 18.8. The Labute approximate surface area is 160 Å². The number of fused-ring (bicyclic) bond motifs is 1. The van der Waals surface area contributed by atoms with Crippen molar-refractivity contribution < 1.29 is 4.79 Å². The molecule has 4 rings (SSSR count). The molecule has 0 spiro atoms. The van der Waals surface area contributed by atoms with Crippen LogP contribution in [0.15, 0.2) is 35.8 Å². The van der Waals surface area contributed by atoms with Gasteiger partial charge in [-0.05, 0) is 25.0 Å². The van der Waals surface area contributed by atoms with Crippen molar-refractivity contribution in [1.29, 1.82) is 5.26 Å². The molecule has 1 aliphatic rings. The van der Waals surface area contributed by atoms with Crippen LogP contribution in [0.2, 0.25) is 0 Å². The fraction of sp³-hybridized carbons (Fsp3) is 0.263. The van der Waals surface area contributed by atoms with Crippen LogP contribution >= 0.6 is 11.3 Å². The molecule has 3 N–H and O–H groups in total. The number of benzene rings is 1. The Hall–Kier alpha value is -3.02. The minimum Gasteiger partial charge on any atom is -0.354 e. The Balaban J connectivity index is 1.64. The van der Waals surface area contributed by atoms with Crippen molar-refractivity contribution in [3.63, 3.8) is 0 Å². The lowest BCUT2D eigenvalue weighted by atomic mass is 10.1. The van der Waals surface area contributed by atoms with Crippen LogP contribution in [-0.2, 0) is 0 Å². The van der Waals surface area contributed by atoms with Crippen molar-refractivity contribution in [2.45, 2.75) is 18.9 Å². The van der Waals surface area contributed by atoms with Crippen LogP contribution in [0.3, 0.4) is 0 Å². The second-order valence-corrected chi connectivity index (χ2v) is 7.35. The van der Waals surface area contributed by atoms with Crippen LogP contribution in [0.5, 0.6) is 0 Å². The number of aromatic nitrogens is 2. The standard InChI is InChI=1S/C19H18N6OS/c20-8-12-4-1-2-6-15(12)23-18(26)14-11-27-19-17(14)24-16(9-22-19)25-7-3-5-13(21)10-25/h1-2,4,6,9,11,13H,3,5,7,10,21H2,(H,23,26)/t13-/m1/s1. The highest BCUT2D eigenvalue weighted by atomic mass is 32.1. The van der Waals surface area contributed by atoms with E-state index in [1.165, 1.54) is 11.3 Å². The third-order valence-corrected chi connectivity index (χ3v) is 5.47. The summed E-state index contributed by atoms with van der Waals surface area (Å²) in [6.45, 7) is 1.62. The predicted molar refractivity (Wildman–Crippen MR) is 106 cm³/mol. The number of hydrogen-bond donors (Lipinski definition) is 2. The molecular weight excluding hydrogens is 360 g/mol. The molecule has 0 saturated carbocycles. The van der Waals surface area contributed by atoms with Crippen molar-refractivity contribution in [2.24, 2.45) is 5.73 Å². The number of carbonyl (C=O) groups excluding carboxylic acids is 1. The molecule has 3 heterocycles. The topological polar surface area (TPSA) is 108 Å². The molecule has 27 heavy (non-hydrogen) atoms. The summed E-state index contributed by atoms with van der Waals surface area (Å²) >= 11 is 1.38. The first-order valence-corrected chi connectivity index (χ1v) is 9.59.